The van der Waals surface area contributed by atoms with Gasteiger partial charge in [0.05, 0.1) is 12.5 Å². The lowest BCUT2D eigenvalue weighted by molar-refractivity contribution is -0.142. The van der Waals surface area contributed by atoms with E-state index < -0.39 is 5.97 Å². The Bertz CT molecular complexity index is 679. The highest BCUT2D eigenvalue weighted by atomic mass is 16.5. The van der Waals surface area contributed by atoms with Crippen LogP contribution >= 0.6 is 0 Å². The first kappa shape index (κ1) is 16.3. The van der Waals surface area contributed by atoms with Crippen molar-refractivity contribution in [2.45, 2.75) is 19.3 Å². The summed E-state index contributed by atoms with van der Waals surface area (Å²) in [5.74, 6) is 0.620. The Morgan fingerprint density at radius 3 is 2.79 bits per heavy atom. The monoisotopic (exact) mass is 333 g/mol. The molecule has 0 saturated carbocycles. The SMILES string of the molecule is COCCc1noc(-c2ccc(N3CCC(C(=O)O)CC3)nn2)n1. The van der Waals surface area contributed by atoms with Gasteiger partial charge in [0, 0.05) is 26.6 Å². The van der Waals surface area contributed by atoms with Crippen molar-refractivity contribution in [3.8, 4) is 11.6 Å². The standard InChI is InChI=1S/C15H19N5O4/c1-23-9-6-12-16-14(24-19-12)11-2-3-13(18-17-11)20-7-4-10(5-8-20)15(21)22/h2-3,10H,4-9H2,1H3,(H,21,22). The van der Waals surface area contributed by atoms with Gasteiger partial charge in [-0.25, -0.2) is 0 Å². The maximum Gasteiger partial charge on any atom is 0.306 e. The zero-order valence-corrected chi connectivity index (χ0v) is 13.4. The molecule has 0 unspecified atom stereocenters. The van der Waals surface area contributed by atoms with E-state index in [4.69, 9.17) is 14.4 Å². The quantitative estimate of drug-likeness (QED) is 0.827. The molecule has 0 amide bonds. The van der Waals surface area contributed by atoms with E-state index in [1.54, 1.807) is 13.2 Å². The van der Waals surface area contributed by atoms with Crippen molar-refractivity contribution in [2.24, 2.45) is 5.92 Å². The van der Waals surface area contributed by atoms with Crippen LogP contribution in [0.2, 0.25) is 0 Å². The van der Waals surface area contributed by atoms with Gasteiger partial charge < -0.3 is 19.3 Å². The van der Waals surface area contributed by atoms with Crippen LogP contribution in [0.15, 0.2) is 16.7 Å². The second kappa shape index (κ2) is 7.35. The van der Waals surface area contributed by atoms with Crippen LogP contribution in [-0.4, -0.2) is 58.2 Å². The van der Waals surface area contributed by atoms with Crippen molar-refractivity contribution in [1.82, 2.24) is 20.3 Å². The second-order valence-electron chi connectivity index (χ2n) is 5.63. The lowest BCUT2D eigenvalue weighted by Crippen LogP contribution is -2.36. The van der Waals surface area contributed by atoms with E-state index in [9.17, 15) is 4.79 Å². The summed E-state index contributed by atoms with van der Waals surface area (Å²) in [6.07, 6.45) is 1.81. The Morgan fingerprint density at radius 1 is 1.38 bits per heavy atom. The van der Waals surface area contributed by atoms with E-state index >= 15 is 0 Å². The average molecular weight is 333 g/mol. The largest absolute Gasteiger partial charge is 0.481 e. The van der Waals surface area contributed by atoms with Crippen LogP contribution in [-0.2, 0) is 16.0 Å². The highest BCUT2D eigenvalue weighted by molar-refractivity contribution is 5.70. The maximum absolute atomic E-state index is 11.0. The first-order valence-corrected chi connectivity index (χ1v) is 7.80. The van der Waals surface area contributed by atoms with Gasteiger partial charge in [0.15, 0.2) is 17.3 Å². The van der Waals surface area contributed by atoms with Crippen molar-refractivity contribution in [3.63, 3.8) is 0 Å². The second-order valence-corrected chi connectivity index (χ2v) is 5.63. The number of aliphatic carboxylic acids is 1. The van der Waals surface area contributed by atoms with Gasteiger partial charge in [-0.15, -0.1) is 10.2 Å². The number of carboxylic acid groups (broad SMARTS) is 1. The van der Waals surface area contributed by atoms with Gasteiger partial charge in [-0.3, -0.25) is 4.79 Å². The van der Waals surface area contributed by atoms with Crippen molar-refractivity contribution >= 4 is 11.8 Å². The number of ether oxygens (including phenoxy) is 1. The Kier molecular flexibility index (Phi) is 4.99. The summed E-state index contributed by atoms with van der Waals surface area (Å²) < 4.78 is 10.1. The Hall–Kier alpha value is -2.55. The van der Waals surface area contributed by atoms with E-state index in [2.05, 4.69) is 20.3 Å². The number of rotatable bonds is 6. The smallest absolute Gasteiger partial charge is 0.306 e. The summed E-state index contributed by atoms with van der Waals surface area (Å²) in [6.45, 7) is 1.84. The molecular weight excluding hydrogens is 314 g/mol. The molecule has 3 rings (SSSR count). The summed E-state index contributed by atoms with van der Waals surface area (Å²) in [5.41, 5.74) is 0.510. The molecule has 1 N–H and O–H groups in total. The molecule has 9 heteroatoms. The Labute approximate surface area is 138 Å². The van der Waals surface area contributed by atoms with Gasteiger partial charge >= 0.3 is 5.97 Å². The minimum Gasteiger partial charge on any atom is -0.481 e. The van der Waals surface area contributed by atoms with Crippen molar-refractivity contribution in [3.05, 3.63) is 18.0 Å². The number of aromatic nitrogens is 4. The van der Waals surface area contributed by atoms with Gasteiger partial charge in [-0.2, -0.15) is 4.98 Å². The normalized spacial score (nSPS) is 15.6. The van der Waals surface area contributed by atoms with Crippen LogP contribution in [0.4, 0.5) is 5.82 Å². The molecule has 1 fully saturated rings. The van der Waals surface area contributed by atoms with Crippen molar-refractivity contribution < 1.29 is 19.2 Å². The van der Waals surface area contributed by atoms with Gasteiger partial charge in [-0.1, -0.05) is 5.16 Å². The fourth-order valence-corrected chi connectivity index (χ4v) is 2.62. The predicted octanol–water partition coefficient (Wildman–Crippen LogP) is 1.02. The molecule has 24 heavy (non-hydrogen) atoms. The van der Waals surface area contributed by atoms with E-state index in [-0.39, 0.29) is 5.92 Å². The Morgan fingerprint density at radius 2 is 2.17 bits per heavy atom. The fraction of sp³-hybridized carbons (Fsp3) is 0.533. The summed E-state index contributed by atoms with van der Waals surface area (Å²) in [5, 5.41) is 21.2. The highest BCUT2D eigenvalue weighted by Gasteiger charge is 2.25. The van der Waals surface area contributed by atoms with Gasteiger partial charge in [-0.05, 0) is 25.0 Å². The van der Waals surface area contributed by atoms with E-state index in [0.29, 0.717) is 56.4 Å². The number of nitrogens with zero attached hydrogens (tertiary/aromatic N) is 5. The third-order valence-corrected chi connectivity index (χ3v) is 4.04. The van der Waals surface area contributed by atoms with Crippen LogP contribution in [0, 0.1) is 5.92 Å². The number of methoxy groups -OCH3 is 1. The topological polar surface area (TPSA) is 114 Å². The molecule has 1 aliphatic heterocycles. The van der Waals surface area contributed by atoms with Gasteiger partial charge in [0.2, 0.25) is 0 Å². The zero-order chi connectivity index (χ0) is 16.9. The molecule has 0 aromatic carbocycles. The van der Waals surface area contributed by atoms with Crippen LogP contribution in [0.5, 0.6) is 0 Å². The highest BCUT2D eigenvalue weighted by Crippen LogP contribution is 2.23. The lowest BCUT2D eigenvalue weighted by atomic mass is 9.97. The van der Waals surface area contributed by atoms with E-state index in [1.807, 2.05) is 11.0 Å². The van der Waals surface area contributed by atoms with Crippen LogP contribution in [0.1, 0.15) is 18.7 Å². The first-order chi connectivity index (χ1) is 11.7. The van der Waals surface area contributed by atoms with Crippen LogP contribution in [0.3, 0.4) is 0 Å². The molecule has 128 valence electrons. The summed E-state index contributed by atoms with van der Waals surface area (Å²) >= 11 is 0. The molecule has 1 aliphatic rings. The summed E-state index contributed by atoms with van der Waals surface area (Å²) in [7, 11) is 1.62. The number of anilines is 1. The molecule has 2 aromatic heterocycles. The molecule has 9 nitrogen and oxygen atoms in total. The maximum atomic E-state index is 11.0. The molecule has 0 atom stereocenters. The molecule has 0 spiro atoms. The fourth-order valence-electron chi connectivity index (χ4n) is 2.62. The Balaban J connectivity index is 1.63. The van der Waals surface area contributed by atoms with Gasteiger partial charge in [0.25, 0.3) is 5.89 Å². The van der Waals surface area contributed by atoms with Crippen LogP contribution in [0.25, 0.3) is 11.6 Å². The number of carbonyl (C=O) groups is 1. The number of piperidine rings is 1. The molecule has 2 aromatic rings. The summed E-state index contributed by atoms with van der Waals surface area (Å²) in [6, 6.07) is 3.61. The zero-order valence-electron chi connectivity index (χ0n) is 13.4. The van der Waals surface area contributed by atoms with E-state index in [1.165, 1.54) is 0 Å². The molecular formula is C15H19N5O4. The molecule has 0 bridgehead atoms. The van der Waals surface area contributed by atoms with Crippen LogP contribution < -0.4 is 4.90 Å². The number of hydrogen-bond donors (Lipinski definition) is 1. The van der Waals surface area contributed by atoms with Crippen molar-refractivity contribution in [1.29, 1.82) is 0 Å². The average Bonchev–Trinajstić information content (AvgIpc) is 3.09. The molecule has 1 saturated heterocycles. The van der Waals surface area contributed by atoms with Crippen molar-refractivity contribution in [2.75, 3.05) is 31.7 Å². The lowest BCUT2D eigenvalue weighted by Gasteiger charge is -2.30. The predicted molar refractivity (Wildman–Crippen MR) is 83.5 cm³/mol. The minimum absolute atomic E-state index is 0.266. The molecule has 0 aliphatic carbocycles. The number of hydrogen-bond acceptors (Lipinski definition) is 8. The third kappa shape index (κ3) is 3.67. The minimum atomic E-state index is -0.725. The molecule has 0 radical (unpaired) electrons. The third-order valence-electron chi connectivity index (χ3n) is 4.04. The summed E-state index contributed by atoms with van der Waals surface area (Å²) in [4.78, 5) is 17.3. The molecule has 3 heterocycles. The van der Waals surface area contributed by atoms with E-state index in [0.717, 1.165) is 5.82 Å². The number of carboxylic acids is 1. The van der Waals surface area contributed by atoms with Gasteiger partial charge in [0.1, 0.15) is 0 Å². The first-order valence-electron chi connectivity index (χ1n) is 7.80.